The Hall–Kier alpha value is -3.84. The van der Waals surface area contributed by atoms with Crippen LogP contribution < -0.4 is 14.7 Å². The third-order valence-corrected chi connectivity index (χ3v) is 10.9. The highest BCUT2D eigenvalue weighted by Crippen LogP contribution is 2.41. The molecular formula is C37H44N6S. The van der Waals surface area contributed by atoms with Crippen molar-refractivity contribution in [3.8, 4) is 0 Å². The molecule has 228 valence electrons. The Kier molecular flexibility index (Phi) is 8.30. The van der Waals surface area contributed by atoms with Crippen molar-refractivity contribution < 1.29 is 0 Å². The lowest BCUT2D eigenvalue weighted by molar-refractivity contribution is 0.286. The molecule has 0 radical (unpaired) electrons. The molecule has 3 aromatic carbocycles. The van der Waals surface area contributed by atoms with Crippen LogP contribution in [0.2, 0.25) is 0 Å². The first-order valence-corrected chi connectivity index (χ1v) is 17.3. The molecule has 2 fully saturated rings. The summed E-state index contributed by atoms with van der Waals surface area (Å²) in [5.74, 6) is 2.46. The first-order valence-electron chi connectivity index (χ1n) is 16.4. The Morgan fingerprint density at radius 2 is 1.57 bits per heavy atom. The molecule has 1 saturated heterocycles. The molecule has 1 aromatic heterocycles. The zero-order chi connectivity index (χ0) is 30.0. The van der Waals surface area contributed by atoms with Gasteiger partial charge in [0.05, 0.1) is 21.8 Å². The number of hydrogen-bond acceptors (Lipinski definition) is 7. The van der Waals surface area contributed by atoms with E-state index in [0.717, 1.165) is 55.5 Å². The first-order chi connectivity index (χ1) is 21.6. The highest BCUT2D eigenvalue weighted by atomic mass is 32.1. The second-order valence-corrected chi connectivity index (χ2v) is 13.7. The first kappa shape index (κ1) is 28.9. The number of aryl methyl sites for hydroxylation is 1. The summed E-state index contributed by atoms with van der Waals surface area (Å²) in [7, 11) is 0. The van der Waals surface area contributed by atoms with Gasteiger partial charge in [0.1, 0.15) is 12.2 Å². The minimum Gasteiger partial charge on any atom is -0.368 e. The maximum absolute atomic E-state index is 4.56. The molecular weight excluding hydrogens is 561 g/mol. The molecule has 6 nitrogen and oxygen atoms in total. The molecule has 0 spiro atoms. The Balaban J connectivity index is 0.873. The molecule has 1 aliphatic carbocycles. The number of thiazole rings is 1. The predicted octanol–water partition coefficient (Wildman–Crippen LogP) is 8.47. The molecule has 0 N–H and O–H groups in total. The second kappa shape index (κ2) is 12.6. The molecule has 4 aromatic rings. The Morgan fingerprint density at radius 1 is 0.886 bits per heavy atom. The van der Waals surface area contributed by atoms with Crippen molar-refractivity contribution >= 4 is 45.0 Å². The number of fused-ring (bicyclic) bond motifs is 1. The fourth-order valence-corrected chi connectivity index (χ4v) is 7.89. The van der Waals surface area contributed by atoms with Crippen molar-refractivity contribution in [2.45, 2.75) is 64.3 Å². The van der Waals surface area contributed by atoms with Crippen LogP contribution in [0.4, 0.5) is 17.1 Å². The van der Waals surface area contributed by atoms with Gasteiger partial charge >= 0.3 is 0 Å². The molecule has 0 amide bonds. The lowest BCUT2D eigenvalue weighted by Gasteiger charge is -2.37. The largest absolute Gasteiger partial charge is 0.368 e. The number of rotatable bonds is 9. The highest BCUT2D eigenvalue weighted by molar-refractivity contribution is 7.16. The van der Waals surface area contributed by atoms with E-state index in [0.29, 0.717) is 12.0 Å². The molecule has 0 bridgehead atoms. The third kappa shape index (κ3) is 5.94. The van der Waals surface area contributed by atoms with E-state index in [1.165, 1.54) is 59.3 Å². The highest BCUT2D eigenvalue weighted by Gasteiger charge is 2.27. The smallest absolute Gasteiger partial charge is 0.128 e. The Labute approximate surface area is 266 Å². The lowest BCUT2D eigenvalue weighted by Crippen LogP contribution is -2.46. The quantitative estimate of drug-likeness (QED) is 0.192. The fraction of sp³-hybridized carbons (Fsp3) is 0.405. The Bertz CT molecular complexity index is 1600. The van der Waals surface area contributed by atoms with Crippen LogP contribution in [0, 0.1) is 5.92 Å². The zero-order valence-corrected chi connectivity index (χ0v) is 26.9. The van der Waals surface area contributed by atoms with Gasteiger partial charge in [-0.05, 0) is 117 Å². The van der Waals surface area contributed by atoms with Crippen LogP contribution in [0.5, 0.6) is 0 Å². The average Bonchev–Trinajstić information content (AvgIpc) is 3.84. The second-order valence-electron chi connectivity index (χ2n) is 12.8. The predicted molar refractivity (Wildman–Crippen MR) is 187 cm³/mol. The topological polar surface area (TPSA) is 38.2 Å². The molecule has 7 rings (SSSR count). The number of piperazine rings is 1. The Morgan fingerprint density at radius 3 is 2.27 bits per heavy atom. The minimum atomic E-state index is 0.345. The third-order valence-electron chi connectivity index (χ3n) is 10.1. The SMILES string of the molecule is C=C1N(c2ccc(N3CCN(c4ccc(CC[C@@H]5CCC(c6ccc7ncsc7c6)C5)cc4)CC3)cc2)C=NN1C(C)CC. The van der Waals surface area contributed by atoms with E-state index in [1.54, 1.807) is 11.3 Å². The molecule has 7 heteroatoms. The van der Waals surface area contributed by atoms with Gasteiger partial charge < -0.3 is 9.80 Å². The molecule has 3 atom stereocenters. The molecule has 2 unspecified atom stereocenters. The summed E-state index contributed by atoms with van der Waals surface area (Å²) in [6.07, 6.45) is 9.40. The van der Waals surface area contributed by atoms with Crippen LogP contribution >= 0.6 is 11.3 Å². The lowest BCUT2D eigenvalue weighted by atomic mass is 9.93. The minimum absolute atomic E-state index is 0.345. The van der Waals surface area contributed by atoms with Crippen LogP contribution in [-0.2, 0) is 6.42 Å². The van der Waals surface area contributed by atoms with Gasteiger partial charge in [-0.2, -0.15) is 5.10 Å². The van der Waals surface area contributed by atoms with Crippen molar-refractivity contribution in [1.82, 2.24) is 9.99 Å². The van der Waals surface area contributed by atoms with Crippen molar-refractivity contribution in [3.63, 3.8) is 0 Å². The summed E-state index contributed by atoms with van der Waals surface area (Å²) in [4.78, 5) is 11.6. The van der Waals surface area contributed by atoms with E-state index in [1.807, 2.05) is 16.9 Å². The monoisotopic (exact) mass is 604 g/mol. The van der Waals surface area contributed by atoms with Crippen molar-refractivity contribution in [3.05, 3.63) is 95.8 Å². The number of nitrogens with zero attached hydrogens (tertiary/aromatic N) is 6. The van der Waals surface area contributed by atoms with Crippen LogP contribution in [0.1, 0.15) is 63.0 Å². The van der Waals surface area contributed by atoms with Crippen LogP contribution in [0.25, 0.3) is 10.2 Å². The van der Waals surface area contributed by atoms with Gasteiger partial charge in [-0.25, -0.2) is 9.99 Å². The number of anilines is 3. The molecule has 3 aliphatic rings. The van der Waals surface area contributed by atoms with Crippen LogP contribution in [-0.4, -0.2) is 48.6 Å². The number of benzene rings is 3. The maximum Gasteiger partial charge on any atom is 0.128 e. The fourth-order valence-electron chi connectivity index (χ4n) is 7.16. The average molecular weight is 605 g/mol. The van der Waals surface area contributed by atoms with Crippen molar-refractivity contribution in [2.24, 2.45) is 11.0 Å². The molecule has 1 saturated carbocycles. The zero-order valence-electron chi connectivity index (χ0n) is 26.1. The van der Waals surface area contributed by atoms with Gasteiger partial charge in [-0.15, -0.1) is 11.3 Å². The number of hydrazone groups is 1. The van der Waals surface area contributed by atoms with Gasteiger partial charge in [0.15, 0.2) is 0 Å². The molecule has 44 heavy (non-hydrogen) atoms. The number of hydrogen-bond donors (Lipinski definition) is 0. The summed E-state index contributed by atoms with van der Waals surface area (Å²) in [6, 6.07) is 25.5. The normalized spacial score (nSPS) is 21.2. The van der Waals surface area contributed by atoms with Gasteiger partial charge in [0, 0.05) is 43.2 Å². The van der Waals surface area contributed by atoms with E-state index in [2.05, 4.69) is 112 Å². The van der Waals surface area contributed by atoms with Gasteiger partial charge in [-0.1, -0.05) is 31.7 Å². The van der Waals surface area contributed by atoms with Gasteiger partial charge in [0.2, 0.25) is 0 Å². The van der Waals surface area contributed by atoms with E-state index >= 15 is 0 Å². The summed E-state index contributed by atoms with van der Waals surface area (Å²) in [5, 5.41) is 6.58. The van der Waals surface area contributed by atoms with Crippen molar-refractivity contribution in [1.29, 1.82) is 0 Å². The van der Waals surface area contributed by atoms with E-state index in [4.69, 9.17) is 0 Å². The molecule has 2 aliphatic heterocycles. The molecule has 3 heterocycles. The van der Waals surface area contributed by atoms with E-state index in [-0.39, 0.29) is 0 Å². The maximum atomic E-state index is 4.56. The van der Waals surface area contributed by atoms with E-state index < -0.39 is 0 Å². The number of aromatic nitrogens is 1. The van der Waals surface area contributed by atoms with Gasteiger partial charge in [0.25, 0.3) is 0 Å². The van der Waals surface area contributed by atoms with Crippen LogP contribution in [0.3, 0.4) is 0 Å². The standard InChI is InChI=1S/C37H44N6S/c1-4-27(2)43-28(3)42(25-39-43)35-16-14-34(15-17-35)41-21-19-40(20-22-41)33-12-8-29(9-13-33)5-6-30-7-10-31(23-30)32-11-18-36-37(24-32)44-26-38-36/h8-9,11-18,24-27,30-31H,3-7,10,19-23H2,1-2H3/t27?,30-,31?/m1/s1. The summed E-state index contributed by atoms with van der Waals surface area (Å²) in [6.45, 7) is 12.8. The summed E-state index contributed by atoms with van der Waals surface area (Å²) in [5.41, 5.74) is 9.82. The van der Waals surface area contributed by atoms with E-state index in [9.17, 15) is 0 Å². The van der Waals surface area contributed by atoms with Crippen LogP contribution in [0.15, 0.2) is 89.7 Å². The van der Waals surface area contributed by atoms with Gasteiger partial charge in [-0.3, -0.25) is 4.90 Å². The summed E-state index contributed by atoms with van der Waals surface area (Å²) < 4.78 is 1.33. The van der Waals surface area contributed by atoms with Crippen molar-refractivity contribution in [2.75, 3.05) is 40.9 Å². The summed E-state index contributed by atoms with van der Waals surface area (Å²) >= 11 is 1.76.